The van der Waals surface area contributed by atoms with Gasteiger partial charge in [0.05, 0.1) is 24.8 Å². The van der Waals surface area contributed by atoms with Crippen LogP contribution in [0.15, 0.2) is 81.2 Å². The molecule has 34 heavy (non-hydrogen) atoms. The van der Waals surface area contributed by atoms with Gasteiger partial charge in [-0.2, -0.15) is 9.41 Å². The predicted molar refractivity (Wildman–Crippen MR) is 137 cm³/mol. The number of sulfonamides is 1. The van der Waals surface area contributed by atoms with Crippen molar-refractivity contribution in [2.45, 2.75) is 18.4 Å². The van der Waals surface area contributed by atoms with Crippen molar-refractivity contribution in [1.82, 2.24) is 9.73 Å². The number of carbonyl (C=O) groups excluding carboxylic acids is 1. The lowest BCUT2D eigenvalue weighted by atomic mass is 10.2. The summed E-state index contributed by atoms with van der Waals surface area (Å²) in [5, 5.41) is 4.44. The van der Waals surface area contributed by atoms with Crippen LogP contribution in [0.25, 0.3) is 0 Å². The highest BCUT2D eigenvalue weighted by Crippen LogP contribution is 2.22. The summed E-state index contributed by atoms with van der Waals surface area (Å²) in [5.74, 6) is -0.0198. The van der Waals surface area contributed by atoms with Gasteiger partial charge in [-0.15, -0.1) is 0 Å². The van der Waals surface area contributed by atoms with Crippen LogP contribution in [0.3, 0.4) is 0 Å². The van der Waals surface area contributed by atoms with Crippen molar-refractivity contribution in [2.75, 3.05) is 13.7 Å². The van der Waals surface area contributed by atoms with E-state index in [4.69, 9.17) is 16.3 Å². The summed E-state index contributed by atoms with van der Waals surface area (Å²) in [6, 6.07) is 18.6. The maximum Gasteiger partial charge on any atom is 0.255 e. The Bertz CT molecular complexity index is 1300. The number of halogens is 2. The second-order valence-corrected chi connectivity index (χ2v) is 10.7. The van der Waals surface area contributed by atoms with Gasteiger partial charge in [0.2, 0.25) is 10.0 Å². The average Bonchev–Trinajstić information content (AvgIpc) is 2.79. The Kier molecular flexibility index (Phi) is 8.84. The fourth-order valence-corrected chi connectivity index (χ4v) is 5.08. The molecule has 0 heterocycles. The molecule has 0 radical (unpaired) electrons. The number of ether oxygens (including phenoxy) is 1. The first-order valence-electron chi connectivity index (χ1n) is 10.2. The molecule has 1 N–H and O–H groups in total. The van der Waals surface area contributed by atoms with Crippen molar-refractivity contribution in [1.29, 1.82) is 0 Å². The zero-order chi connectivity index (χ0) is 24.7. The Balaban J connectivity index is 1.81. The average molecular weight is 565 g/mol. The highest BCUT2D eigenvalue weighted by Gasteiger charge is 2.27. The maximum absolute atomic E-state index is 13.3. The molecule has 0 spiro atoms. The predicted octanol–water partition coefficient (Wildman–Crippen LogP) is 4.76. The summed E-state index contributed by atoms with van der Waals surface area (Å²) in [5.41, 5.74) is 4.61. The van der Waals surface area contributed by atoms with E-state index in [2.05, 4.69) is 26.5 Å². The molecule has 0 atom stereocenters. The minimum Gasteiger partial charge on any atom is -0.496 e. The molecule has 3 rings (SSSR count). The third-order valence-electron chi connectivity index (χ3n) is 4.81. The van der Waals surface area contributed by atoms with Crippen molar-refractivity contribution in [3.63, 3.8) is 0 Å². The maximum atomic E-state index is 13.3. The fourth-order valence-electron chi connectivity index (χ4n) is 3.10. The number of methoxy groups -OCH3 is 1. The van der Waals surface area contributed by atoms with E-state index in [-0.39, 0.29) is 11.4 Å². The summed E-state index contributed by atoms with van der Waals surface area (Å²) >= 11 is 9.44. The molecule has 0 aliphatic carbocycles. The Labute approximate surface area is 212 Å². The van der Waals surface area contributed by atoms with E-state index in [1.807, 2.05) is 13.0 Å². The molecule has 0 saturated carbocycles. The molecule has 1 amide bonds. The van der Waals surface area contributed by atoms with E-state index >= 15 is 0 Å². The fraction of sp³-hybridized carbons (Fsp3) is 0.167. The van der Waals surface area contributed by atoms with E-state index in [9.17, 15) is 13.2 Å². The SMILES string of the molecule is COc1ccc(Br)cc1/C=N\NC(=O)CN(Cc1cccc(Cl)c1)S(=O)(=O)c1ccc(C)cc1. The first kappa shape index (κ1) is 25.9. The largest absolute Gasteiger partial charge is 0.496 e. The molecular weight excluding hydrogens is 542 g/mol. The second-order valence-electron chi connectivity index (χ2n) is 7.40. The van der Waals surface area contributed by atoms with Crippen LogP contribution in [0.1, 0.15) is 16.7 Å². The number of carbonyl (C=O) groups is 1. The lowest BCUT2D eigenvalue weighted by Gasteiger charge is -2.21. The smallest absolute Gasteiger partial charge is 0.255 e. The number of hydrogen-bond donors (Lipinski definition) is 1. The highest BCUT2D eigenvalue weighted by atomic mass is 79.9. The minimum atomic E-state index is -3.97. The van der Waals surface area contributed by atoms with Crippen LogP contribution < -0.4 is 10.2 Å². The molecule has 7 nitrogen and oxygen atoms in total. The summed E-state index contributed by atoms with van der Waals surface area (Å²) < 4.78 is 33.9. The van der Waals surface area contributed by atoms with E-state index in [1.165, 1.54) is 25.5 Å². The number of hydrazone groups is 1. The molecule has 0 aliphatic heterocycles. The molecule has 3 aromatic rings. The number of rotatable bonds is 9. The van der Waals surface area contributed by atoms with Crippen molar-refractivity contribution in [2.24, 2.45) is 5.10 Å². The lowest BCUT2D eigenvalue weighted by Crippen LogP contribution is -2.39. The number of amides is 1. The van der Waals surface area contributed by atoms with Crippen molar-refractivity contribution < 1.29 is 17.9 Å². The van der Waals surface area contributed by atoms with Gasteiger partial charge in [-0.05, 0) is 55.0 Å². The van der Waals surface area contributed by atoms with Gasteiger partial charge in [0.15, 0.2) is 0 Å². The monoisotopic (exact) mass is 563 g/mol. The van der Waals surface area contributed by atoms with E-state index in [1.54, 1.807) is 48.5 Å². The van der Waals surface area contributed by atoms with E-state index in [0.717, 1.165) is 14.3 Å². The number of nitrogens with zero attached hydrogens (tertiary/aromatic N) is 2. The third kappa shape index (κ3) is 6.89. The van der Waals surface area contributed by atoms with Crippen LogP contribution in [0, 0.1) is 6.92 Å². The van der Waals surface area contributed by atoms with Gasteiger partial charge in [-0.3, -0.25) is 4.79 Å². The van der Waals surface area contributed by atoms with Crippen LogP contribution in [-0.2, 0) is 21.4 Å². The second kappa shape index (κ2) is 11.6. The highest BCUT2D eigenvalue weighted by molar-refractivity contribution is 9.10. The van der Waals surface area contributed by atoms with Crippen LogP contribution in [0.5, 0.6) is 5.75 Å². The molecule has 0 aliphatic rings. The number of hydrogen-bond acceptors (Lipinski definition) is 5. The standard InChI is InChI=1S/C24H23BrClN3O4S/c1-17-6-9-22(10-7-17)34(31,32)29(15-18-4-3-5-21(26)12-18)16-24(30)28-27-14-19-13-20(25)8-11-23(19)33-2/h3-14H,15-16H2,1-2H3,(H,28,30)/b27-14-. The van der Waals surface area contributed by atoms with Gasteiger partial charge in [-0.1, -0.05) is 57.4 Å². The van der Waals surface area contributed by atoms with Crippen LogP contribution in [0.2, 0.25) is 5.02 Å². The molecule has 3 aromatic carbocycles. The minimum absolute atomic E-state index is 0.0344. The summed E-state index contributed by atoms with van der Waals surface area (Å²) in [7, 11) is -2.44. The molecule has 178 valence electrons. The van der Waals surface area contributed by atoms with Crippen molar-refractivity contribution in [3.05, 3.63) is 92.9 Å². The summed E-state index contributed by atoms with van der Waals surface area (Å²) in [4.78, 5) is 12.7. The number of nitrogens with one attached hydrogen (secondary N) is 1. The Hall–Kier alpha value is -2.72. The van der Waals surface area contributed by atoms with Crippen LogP contribution in [0.4, 0.5) is 0 Å². The van der Waals surface area contributed by atoms with Crippen molar-refractivity contribution in [3.8, 4) is 5.75 Å². The van der Waals surface area contributed by atoms with Crippen LogP contribution in [-0.4, -0.2) is 38.5 Å². The Morgan fingerprint density at radius 3 is 2.56 bits per heavy atom. The molecule has 10 heteroatoms. The zero-order valence-corrected chi connectivity index (χ0v) is 21.7. The zero-order valence-electron chi connectivity index (χ0n) is 18.5. The molecule has 0 fully saturated rings. The Morgan fingerprint density at radius 1 is 1.15 bits per heavy atom. The van der Waals surface area contributed by atoms with Gasteiger partial charge in [0.1, 0.15) is 5.75 Å². The van der Waals surface area contributed by atoms with Gasteiger partial charge in [0.25, 0.3) is 5.91 Å². The molecular formula is C24H23BrClN3O4S. The molecule has 0 bridgehead atoms. The van der Waals surface area contributed by atoms with Crippen LogP contribution >= 0.6 is 27.5 Å². The number of benzene rings is 3. The van der Waals surface area contributed by atoms with Gasteiger partial charge in [-0.25, -0.2) is 13.8 Å². The van der Waals surface area contributed by atoms with Gasteiger partial charge in [0, 0.05) is 21.6 Å². The molecule has 0 saturated heterocycles. The number of aryl methyl sites for hydroxylation is 1. The van der Waals surface area contributed by atoms with E-state index < -0.39 is 22.5 Å². The lowest BCUT2D eigenvalue weighted by molar-refractivity contribution is -0.121. The Morgan fingerprint density at radius 2 is 1.88 bits per heavy atom. The third-order valence-corrected chi connectivity index (χ3v) is 7.35. The van der Waals surface area contributed by atoms with Crippen molar-refractivity contribution >= 4 is 49.7 Å². The summed E-state index contributed by atoms with van der Waals surface area (Å²) in [6.07, 6.45) is 1.43. The first-order chi connectivity index (χ1) is 16.2. The quantitative estimate of drug-likeness (QED) is 0.300. The topological polar surface area (TPSA) is 88.1 Å². The molecule has 0 unspecified atom stereocenters. The molecule has 0 aromatic heterocycles. The summed E-state index contributed by atoms with van der Waals surface area (Å²) in [6.45, 7) is 1.40. The first-order valence-corrected chi connectivity index (χ1v) is 12.8. The van der Waals surface area contributed by atoms with Gasteiger partial charge < -0.3 is 4.74 Å². The normalized spacial score (nSPS) is 11.7. The van der Waals surface area contributed by atoms with Gasteiger partial charge >= 0.3 is 0 Å². The van der Waals surface area contributed by atoms with E-state index in [0.29, 0.717) is 21.9 Å².